The summed E-state index contributed by atoms with van der Waals surface area (Å²) in [5, 5.41) is 9.83. The highest BCUT2D eigenvalue weighted by Gasteiger charge is 2.31. The topological polar surface area (TPSA) is 106 Å². The van der Waals surface area contributed by atoms with E-state index in [1.54, 1.807) is 39.8 Å². The van der Waals surface area contributed by atoms with Crippen molar-refractivity contribution in [3.05, 3.63) is 65.4 Å². The number of hydrogen-bond donors (Lipinski definition) is 1. The van der Waals surface area contributed by atoms with E-state index in [0.717, 1.165) is 5.56 Å². The summed E-state index contributed by atoms with van der Waals surface area (Å²) < 4.78 is 16.3. The zero-order chi connectivity index (χ0) is 23.5. The number of ether oxygens (including phenoxy) is 2. The largest absolute Gasteiger partial charge is 0.475 e. The lowest BCUT2D eigenvalue weighted by atomic mass is 10.1. The molecule has 0 fully saturated rings. The Bertz CT molecular complexity index is 1140. The van der Waals surface area contributed by atoms with Gasteiger partial charge in [0.2, 0.25) is 5.76 Å². The fourth-order valence-electron chi connectivity index (χ4n) is 3.14. The van der Waals surface area contributed by atoms with Gasteiger partial charge < -0.3 is 19.0 Å². The van der Waals surface area contributed by atoms with Crippen LogP contribution in [0.3, 0.4) is 0 Å². The molecule has 1 aromatic heterocycles. The van der Waals surface area contributed by atoms with Crippen LogP contribution in [0.1, 0.15) is 42.5 Å². The number of aromatic carboxylic acids is 1. The normalized spacial score (nSPS) is 11.2. The highest BCUT2D eigenvalue weighted by Crippen LogP contribution is 2.33. The summed E-state index contributed by atoms with van der Waals surface area (Å²) in [6, 6.07) is 14.0. The molecule has 1 N–H and O–H groups in total. The first-order valence-corrected chi connectivity index (χ1v) is 10.0. The second-order valence-electron chi connectivity index (χ2n) is 8.27. The van der Waals surface area contributed by atoms with Crippen molar-refractivity contribution in [3.63, 3.8) is 0 Å². The SMILES string of the molecule is Cc1c(C(=O)O)oc2c(OC(=O)N(CC(=O)OCc3ccccc3)C(C)(C)C)cccc12. The number of para-hydroxylation sites is 1. The van der Waals surface area contributed by atoms with Gasteiger partial charge in [0.25, 0.3) is 0 Å². The van der Waals surface area contributed by atoms with Crippen LogP contribution in [0.15, 0.2) is 52.9 Å². The van der Waals surface area contributed by atoms with Crippen LogP contribution in [0, 0.1) is 6.92 Å². The second kappa shape index (κ2) is 9.13. The highest BCUT2D eigenvalue weighted by molar-refractivity contribution is 5.97. The summed E-state index contributed by atoms with van der Waals surface area (Å²) in [7, 11) is 0. The number of hydrogen-bond acceptors (Lipinski definition) is 6. The average molecular weight is 439 g/mol. The van der Waals surface area contributed by atoms with Crippen LogP contribution in [0.25, 0.3) is 11.0 Å². The Morgan fingerprint density at radius 2 is 1.72 bits per heavy atom. The predicted octanol–water partition coefficient (Wildman–Crippen LogP) is 4.78. The molecule has 32 heavy (non-hydrogen) atoms. The van der Waals surface area contributed by atoms with Crippen LogP contribution in [-0.4, -0.2) is 40.1 Å². The highest BCUT2D eigenvalue weighted by atomic mass is 16.6. The van der Waals surface area contributed by atoms with Crippen LogP contribution in [0.2, 0.25) is 0 Å². The zero-order valence-electron chi connectivity index (χ0n) is 18.4. The number of carbonyl (C=O) groups excluding carboxylic acids is 2. The van der Waals surface area contributed by atoms with Gasteiger partial charge >= 0.3 is 18.0 Å². The molecule has 8 nitrogen and oxygen atoms in total. The van der Waals surface area contributed by atoms with Crippen LogP contribution in [-0.2, 0) is 16.1 Å². The summed E-state index contributed by atoms with van der Waals surface area (Å²) in [6.45, 7) is 6.68. The van der Waals surface area contributed by atoms with E-state index in [1.807, 2.05) is 30.3 Å². The van der Waals surface area contributed by atoms with Gasteiger partial charge in [0.05, 0.1) is 0 Å². The molecule has 0 radical (unpaired) electrons. The predicted molar refractivity (Wildman–Crippen MR) is 117 cm³/mol. The number of carboxylic acids is 1. The van der Waals surface area contributed by atoms with Crippen molar-refractivity contribution in [1.29, 1.82) is 0 Å². The molecule has 8 heteroatoms. The van der Waals surface area contributed by atoms with E-state index in [1.165, 1.54) is 11.0 Å². The van der Waals surface area contributed by atoms with Gasteiger partial charge in [-0.05, 0) is 39.3 Å². The second-order valence-corrected chi connectivity index (χ2v) is 8.27. The van der Waals surface area contributed by atoms with Gasteiger partial charge in [-0.25, -0.2) is 9.59 Å². The number of carbonyl (C=O) groups is 3. The van der Waals surface area contributed by atoms with E-state index < -0.39 is 23.6 Å². The molecule has 3 rings (SSSR count). The number of aryl methyl sites for hydroxylation is 1. The Balaban J connectivity index is 1.77. The molecule has 1 heterocycles. The Morgan fingerprint density at radius 3 is 2.34 bits per heavy atom. The van der Waals surface area contributed by atoms with E-state index in [0.29, 0.717) is 10.9 Å². The summed E-state index contributed by atoms with van der Waals surface area (Å²) in [5.41, 5.74) is 0.667. The third-order valence-electron chi connectivity index (χ3n) is 4.88. The Morgan fingerprint density at radius 1 is 1.03 bits per heavy atom. The van der Waals surface area contributed by atoms with Gasteiger partial charge in [-0.2, -0.15) is 0 Å². The van der Waals surface area contributed by atoms with Crippen molar-refractivity contribution in [2.45, 2.75) is 39.8 Å². The number of nitrogens with zero attached hydrogens (tertiary/aromatic N) is 1. The standard InChI is InChI=1S/C24H25NO7/c1-15-17-11-8-12-18(21(17)32-20(15)22(27)28)31-23(29)25(24(2,3)4)13-19(26)30-14-16-9-6-5-7-10-16/h5-12H,13-14H2,1-4H3,(H,27,28). The van der Waals surface area contributed by atoms with E-state index in [-0.39, 0.29) is 30.2 Å². The minimum atomic E-state index is -1.21. The van der Waals surface area contributed by atoms with Crippen molar-refractivity contribution in [3.8, 4) is 5.75 Å². The molecule has 0 aliphatic heterocycles. The van der Waals surface area contributed by atoms with Crippen molar-refractivity contribution in [2.75, 3.05) is 6.54 Å². The number of rotatable bonds is 6. The molecule has 3 aromatic rings. The maximum atomic E-state index is 13.0. The minimum absolute atomic E-state index is 0.0648. The van der Waals surface area contributed by atoms with E-state index in [2.05, 4.69) is 0 Å². The Labute approximate surface area is 185 Å². The first-order chi connectivity index (χ1) is 15.1. The number of esters is 1. The van der Waals surface area contributed by atoms with Crippen LogP contribution >= 0.6 is 0 Å². The number of furan rings is 1. The molecular weight excluding hydrogens is 414 g/mol. The van der Waals surface area contributed by atoms with E-state index in [9.17, 15) is 19.5 Å². The molecule has 0 saturated carbocycles. The molecular formula is C24H25NO7. The third-order valence-corrected chi connectivity index (χ3v) is 4.88. The summed E-state index contributed by atoms with van der Waals surface area (Å²) >= 11 is 0. The molecule has 0 spiro atoms. The van der Waals surface area contributed by atoms with Gasteiger partial charge in [-0.3, -0.25) is 9.69 Å². The molecule has 1 amide bonds. The minimum Gasteiger partial charge on any atom is -0.475 e. The van der Waals surface area contributed by atoms with Crippen LogP contribution < -0.4 is 4.74 Å². The average Bonchev–Trinajstić information content (AvgIpc) is 3.08. The van der Waals surface area contributed by atoms with Crippen LogP contribution in [0.4, 0.5) is 4.79 Å². The van der Waals surface area contributed by atoms with E-state index in [4.69, 9.17) is 13.9 Å². The van der Waals surface area contributed by atoms with Gasteiger partial charge in [0.1, 0.15) is 13.2 Å². The lowest BCUT2D eigenvalue weighted by Crippen LogP contribution is -2.49. The summed E-state index contributed by atoms with van der Waals surface area (Å²) in [5.74, 6) is -1.95. The van der Waals surface area contributed by atoms with Gasteiger partial charge in [-0.1, -0.05) is 42.5 Å². The first kappa shape index (κ1) is 22.9. The van der Waals surface area contributed by atoms with Crippen molar-refractivity contribution < 1.29 is 33.4 Å². The third kappa shape index (κ3) is 5.08. The molecule has 2 aromatic carbocycles. The Hall–Kier alpha value is -3.81. The Kier molecular flexibility index (Phi) is 6.53. The lowest BCUT2D eigenvalue weighted by Gasteiger charge is -2.33. The number of amides is 1. The lowest BCUT2D eigenvalue weighted by molar-refractivity contribution is -0.146. The van der Waals surface area contributed by atoms with Gasteiger partial charge in [-0.15, -0.1) is 0 Å². The smallest absolute Gasteiger partial charge is 0.416 e. The fraction of sp³-hybridized carbons (Fsp3) is 0.292. The molecule has 0 bridgehead atoms. The molecule has 0 unspecified atom stereocenters. The molecule has 0 atom stereocenters. The monoisotopic (exact) mass is 439 g/mol. The van der Waals surface area contributed by atoms with Crippen molar-refractivity contribution in [2.24, 2.45) is 0 Å². The van der Waals surface area contributed by atoms with E-state index >= 15 is 0 Å². The maximum absolute atomic E-state index is 13.0. The first-order valence-electron chi connectivity index (χ1n) is 10.0. The molecule has 0 aliphatic rings. The molecule has 0 saturated heterocycles. The zero-order valence-corrected chi connectivity index (χ0v) is 18.4. The number of fused-ring (bicyclic) bond motifs is 1. The fourth-order valence-corrected chi connectivity index (χ4v) is 3.14. The summed E-state index contributed by atoms with van der Waals surface area (Å²) in [6.07, 6.45) is -0.785. The maximum Gasteiger partial charge on any atom is 0.416 e. The van der Waals surface area contributed by atoms with Crippen LogP contribution in [0.5, 0.6) is 5.75 Å². The van der Waals surface area contributed by atoms with Crippen molar-refractivity contribution >= 4 is 29.0 Å². The summed E-state index contributed by atoms with van der Waals surface area (Å²) in [4.78, 5) is 38.0. The number of benzene rings is 2. The number of carboxylic acid groups (broad SMARTS) is 1. The molecule has 168 valence electrons. The van der Waals surface area contributed by atoms with Crippen molar-refractivity contribution in [1.82, 2.24) is 4.90 Å². The molecule has 0 aliphatic carbocycles. The van der Waals surface area contributed by atoms with Gasteiger partial charge in [0, 0.05) is 16.5 Å². The quantitative estimate of drug-likeness (QED) is 0.551. The van der Waals surface area contributed by atoms with Gasteiger partial charge in [0.15, 0.2) is 11.3 Å².